The van der Waals surface area contributed by atoms with Crippen LogP contribution >= 0.6 is 0 Å². The lowest BCUT2D eigenvalue weighted by molar-refractivity contribution is -0.145. The molecule has 0 spiro atoms. The van der Waals surface area contributed by atoms with Gasteiger partial charge in [-0.1, -0.05) is 36.4 Å². The van der Waals surface area contributed by atoms with E-state index < -0.39 is 30.0 Å². The molecule has 0 aliphatic carbocycles. The van der Waals surface area contributed by atoms with Crippen molar-refractivity contribution in [1.82, 2.24) is 10.6 Å². The van der Waals surface area contributed by atoms with Crippen molar-refractivity contribution >= 4 is 23.6 Å². The SMILES string of the molecule is COC(=O)[C@@H]1Cc2ccc(OC)c(c2)Oc2ccc(cc2)C[C@H](NC(=O)Nc2ccccc2)C(=O)N1. The van der Waals surface area contributed by atoms with Crippen LogP contribution in [0.25, 0.3) is 0 Å². The highest BCUT2D eigenvalue weighted by molar-refractivity contribution is 5.95. The Labute approximate surface area is 208 Å². The number of urea groups is 1. The largest absolute Gasteiger partial charge is 0.493 e. The van der Waals surface area contributed by atoms with Crippen molar-refractivity contribution in [2.75, 3.05) is 19.5 Å². The molecule has 0 aromatic heterocycles. The number of hydrogen-bond donors (Lipinski definition) is 3. The van der Waals surface area contributed by atoms with Crippen LogP contribution in [-0.2, 0) is 27.2 Å². The molecule has 186 valence electrons. The Bertz CT molecular complexity index is 1230. The van der Waals surface area contributed by atoms with Gasteiger partial charge in [-0.05, 0) is 47.5 Å². The molecule has 3 amide bonds. The van der Waals surface area contributed by atoms with Gasteiger partial charge in [-0.3, -0.25) is 4.79 Å². The van der Waals surface area contributed by atoms with Crippen LogP contribution < -0.4 is 25.4 Å². The van der Waals surface area contributed by atoms with Crippen LogP contribution in [0.3, 0.4) is 0 Å². The summed E-state index contributed by atoms with van der Waals surface area (Å²) in [6.07, 6.45) is 0.343. The molecule has 4 bridgehead atoms. The minimum Gasteiger partial charge on any atom is -0.493 e. The summed E-state index contributed by atoms with van der Waals surface area (Å²) in [7, 11) is 2.80. The van der Waals surface area contributed by atoms with Crippen molar-refractivity contribution in [3.63, 3.8) is 0 Å². The second kappa shape index (κ2) is 11.3. The van der Waals surface area contributed by atoms with Gasteiger partial charge in [0.1, 0.15) is 17.8 Å². The van der Waals surface area contributed by atoms with E-state index in [1.54, 1.807) is 61.7 Å². The van der Waals surface area contributed by atoms with Gasteiger partial charge in [-0.25, -0.2) is 9.59 Å². The fourth-order valence-corrected chi connectivity index (χ4v) is 3.88. The first-order chi connectivity index (χ1) is 17.4. The number of carbonyl (C=O) groups excluding carboxylic acids is 3. The van der Waals surface area contributed by atoms with Crippen molar-refractivity contribution < 1.29 is 28.6 Å². The van der Waals surface area contributed by atoms with Gasteiger partial charge in [0.25, 0.3) is 0 Å². The molecular weight excluding hydrogens is 462 g/mol. The van der Waals surface area contributed by atoms with Crippen LogP contribution in [0.15, 0.2) is 72.8 Å². The van der Waals surface area contributed by atoms with Crippen LogP contribution in [0, 0.1) is 0 Å². The zero-order valence-corrected chi connectivity index (χ0v) is 19.9. The Morgan fingerprint density at radius 3 is 2.36 bits per heavy atom. The van der Waals surface area contributed by atoms with E-state index in [2.05, 4.69) is 16.0 Å². The van der Waals surface area contributed by atoms with E-state index in [1.165, 1.54) is 7.11 Å². The third kappa shape index (κ3) is 6.12. The Morgan fingerprint density at radius 2 is 1.67 bits per heavy atom. The molecule has 0 saturated heterocycles. The van der Waals surface area contributed by atoms with Gasteiger partial charge < -0.3 is 30.2 Å². The molecular formula is C27H27N3O6. The number of amides is 3. The average molecular weight is 490 g/mol. The van der Waals surface area contributed by atoms with E-state index in [9.17, 15) is 14.4 Å². The van der Waals surface area contributed by atoms with Crippen LogP contribution in [0.4, 0.5) is 10.5 Å². The second-order valence-electron chi connectivity index (χ2n) is 8.24. The van der Waals surface area contributed by atoms with Gasteiger partial charge in [0, 0.05) is 18.5 Å². The van der Waals surface area contributed by atoms with Gasteiger partial charge in [-0.15, -0.1) is 0 Å². The Balaban J connectivity index is 1.65. The number of esters is 1. The molecule has 0 unspecified atom stereocenters. The fourth-order valence-electron chi connectivity index (χ4n) is 3.88. The maximum Gasteiger partial charge on any atom is 0.328 e. The average Bonchev–Trinajstić information content (AvgIpc) is 2.88. The number of methoxy groups -OCH3 is 2. The van der Waals surface area contributed by atoms with E-state index in [4.69, 9.17) is 14.2 Å². The van der Waals surface area contributed by atoms with Crippen LogP contribution in [0.2, 0.25) is 0 Å². The molecule has 9 heteroatoms. The molecule has 3 N–H and O–H groups in total. The number of anilines is 1. The minimum atomic E-state index is -0.978. The molecule has 9 nitrogen and oxygen atoms in total. The summed E-state index contributed by atoms with van der Waals surface area (Å²) in [6, 6.07) is 18.9. The number of carbonyl (C=O) groups is 3. The fraction of sp³-hybridized carbons (Fsp3) is 0.222. The van der Waals surface area contributed by atoms with Crippen LogP contribution in [-0.4, -0.2) is 44.2 Å². The molecule has 2 aliphatic heterocycles. The predicted molar refractivity (Wildman–Crippen MR) is 133 cm³/mol. The van der Waals surface area contributed by atoms with Crippen molar-refractivity contribution in [2.45, 2.75) is 24.9 Å². The van der Waals surface area contributed by atoms with Gasteiger partial charge in [0.05, 0.1) is 14.2 Å². The Kier molecular flexibility index (Phi) is 7.69. The van der Waals surface area contributed by atoms with E-state index in [1.807, 2.05) is 18.2 Å². The number of benzene rings is 3. The minimum absolute atomic E-state index is 0.152. The first-order valence-electron chi connectivity index (χ1n) is 11.4. The molecule has 2 heterocycles. The van der Waals surface area contributed by atoms with E-state index in [-0.39, 0.29) is 12.8 Å². The monoisotopic (exact) mass is 489 g/mol. The van der Waals surface area contributed by atoms with Gasteiger partial charge >= 0.3 is 12.0 Å². The van der Waals surface area contributed by atoms with Crippen LogP contribution in [0.5, 0.6) is 17.2 Å². The first kappa shape index (κ1) is 24.6. The smallest absolute Gasteiger partial charge is 0.328 e. The normalized spacial score (nSPS) is 17.1. The molecule has 2 atom stereocenters. The van der Waals surface area contributed by atoms with Crippen molar-refractivity contribution in [2.24, 2.45) is 0 Å². The third-order valence-corrected chi connectivity index (χ3v) is 5.71. The molecule has 0 fully saturated rings. The lowest BCUT2D eigenvalue weighted by Crippen LogP contribution is -2.54. The summed E-state index contributed by atoms with van der Waals surface area (Å²) in [6.45, 7) is 0. The number of rotatable bonds is 4. The lowest BCUT2D eigenvalue weighted by Gasteiger charge is -2.23. The maximum absolute atomic E-state index is 13.3. The van der Waals surface area contributed by atoms with Gasteiger partial charge in [0.15, 0.2) is 11.5 Å². The maximum atomic E-state index is 13.3. The summed E-state index contributed by atoms with van der Waals surface area (Å²) in [5.41, 5.74) is 2.09. The molecule has 36 heavy (non-hydrogen) atoms. The molecule has 3 aromatic carbocycles. The third-order valence-electron chi connectivity index (χ3n) is 5.71. The summed E-state index contributed by atoms with van der Waals surface area (Å²) >= 11 is 0. The zero-order valence-electron chi connectivity index (χ0n) is 19.9. The lowest BCUT2D eigenvalue weighted by atomic mass is 10.0. The van der Waals surface area contributed by atoms with Gasteiger partial charge in [0.2, 0.25) is 5.91 Å². The summed E-state index contributed by atoms with van der Waals surface area (Å²) in [5.74, 6) is 0.463. The molecule has 0 radical (unpaired) electrons. The Morgan fingerprint density at radius 1 is 0.944 bits per heavy atom. The molecule has 2 aliphatic rings. The standard InChI is InChI=1S/C27H27N3O6/c1-34-23-13-10-18-15-22(26(32)35-2)29-25(31)21(30-27(33)28-19-6-4-3-5-7-19)14-17-8-11-20(12-9-17)36-24(23)16-18/h3-13,16,21-22H,14-15H2,1-2H3,(H,29,31)(H2,28,30,33)/t21-,22-/m0/s1. The van der Waals surface area contributed by atoms with Crippen molar-refractivity contribution in [3.05, 3.63) is 83.9 Å². The highest BCUT2D eigenvalue weighted by Crippen LogP contribution is 2.33. The summed E-state index contributed by atoms with van der Waals surface area (Å²) in [5, 5.41) is 8.18. The summed E-state index contributed by atoms with van der Waals surface area (Å²) in [4.78, 5) is 38.6. The quantitative estimate of drug-likeness (QED) is 0.484. The second-order valence-corrected chi connectivity index (χ2v) is 8.24. The number of ether oxygens (including phenoxy) is 3. The highest BCUT2D eigenvalue weighted by atomic mass is 16.5. The topological polar surface area (TPSA) is 115 Å². The van der Waals surface area contributed by atoms with Gasteiger partial charge in [-0.2, -0.15) is 0 Å². The van der Waals surface area contributed by atoms with Crippen molar-refractivity contribution in [1.29, 1.82) is 0 Å². The molecule has 5 rings (SSSR count). The predicted octanol–water partition coefficient (Wildman–Crippen LogP) is 3.43. The number of hydrogen-bond acceptors (Lipinski definition) is 6. The number of para-hydroxylation sites is 1. The van der Waals surface area contributed by atoms with E-state index in [0.717, 1.165) is 11.1 Å². The van der Waals surface area contributed by atoms with E-state index >= 15 is 0 Å². The molecule has 0 saturated carbocycles. The zero-order chi connectivity index (χ0) is 25.5. The van der Waals surface area contributed by atoms with Crippen LogP contribution in [0.1, 0.15) is 11.1 Å². The van der Waals surface area contributed by atoms with E-state index in [0.29, 0.717) is 22.9 Å². The number of nitrogens with one attached hydrogen (secondary N) is 3. The summed E-state index contributed by atoms with van der Waals surface area (Å²) < 4.78 is 16.4. The Hall–Kier alpha value is -4.53. The molecule has 3 aromatic rings. The van der Waals surface area contributed by atoms with Crippen molar-refractivity contribution in [3.8, 4) is 17.2 Å². The number of fused-ring (bicyclic) bond motifs is 7. The first-order valence-corrected chi connectivity index (χ1v) is 11.4. The highest BCUT2D eigenvalue weighted by Gasteiger charge is 2.28.